The lowest BCUT2D eigenvalue weighted by molar-refractivity contribution is -0.138. The quantitative estimate of drug-likeness (QED) is 0.490. The molecule has 0 bridgehead atoms. The minimum Gasteiger partial charge on any atom is -0.508 e. The van der Waals surface area contributed by atoms with Crippen LogP contribution in [0.25, 0.3) is 0 Å². The van der Waals surface area contributed by atoms with Crippen LogP contribution < -0.4 is 11.5 Å². The van der Waals surface area contributed by atoms with E-state index < -0.39 is 35.9 Å². The molecule has 0 saturated carbocycles. The molecule has 8 heteroatoms. The molecule has 18 heavy (non-hydrogen) atoms. The second kappa shape index (κ2) is 4.73. The molecule has 0 aliphatic rings. The van der Waals surface area contributed by atoms with Crippen molar-refractivity contribution >= 4 is 11.7 Å². The summed E-state index contributed by atoms with van der Waals surface area (Å²) < 4.78 is 36.4. The maximum atomic E-state index is 12.1. The zero-order chi connectivity index (χ0) is 14.1. The molecular formula is C10H11F3N2O3. The highest BCUT2D eigenvalue weighted by molar-refractivity contribution is 5.94. The summed E-state index contributed by atoms with van der Waals surface area (Å²) >= 11 is 0. The van der Waals surface area contributed by atoms with Crippen molar-refractivity contribution in [3.63, 3.8) is 0 Å². The van der Waals surface area contributed by atoms with Crippen LogP contribution in [-0.4, -0.2) is 22.4 Å². The van der Waals surface area contributed by atoms with Gasteiger partial charge in [0.25, 0.3) is 0 Å². The van der Waals surface area contributed by atoms with Crippen molar-refractivity contribution in [3.8, 4) is 5.75 Å². The van der Waals surface area contributed by atoms with Gasteiger partial charge in [-0.3, -0.25) is 0 Å². The number of halogens is 3. The fourth-order valence-corrected chi connectivity index (χ4v) is 1.46. The minimum absolute atomic E-state index is 0.241. The summed E-state index contributed by atoms with van der Waals surface area (Å²) in [5.74, 6) is -2.02. The van der Waals surface area contributed by atoms with Crippen molar-refractivity contribution in [1.29, 1.82) is 0 Å². The van der Waals surface area contributed by atoms with Gasteiger partial charge in [-0.2, -0.15) is 13.2 Å². The standard InChI is InChI=1S/C10H11F3N2O3/c11-10(12,13)3-7(15)4-1-6(14)5(9(17)18)2-8(4)16/h1-2,7,16H,3,14-15H2,(H,17,18)/t7-/m1/s1. The number of nitrogen functional groups attached to an aromatic ring is 1. The summed E-state index contributed by atoms with van der Waals surface area (Å²) in [4.78, 5) is 10.7. The molecule has 0 amide bonds. The van der Waals surface area contributed by atoms with Crippen LogP contribution in [0.3, 0.4) is 0 Å². The number of benzene rings is 1. The zero-order valence-electron chi connectivity index (χ0n) is 9.03. The van der Waals surface area contributed by atoms with E-state index in [1.165, 1.54) is 0 Å². The fourth-order valence-electron chi connectivity index (χ4n) is 1.46. The number of hydrogen-bond donors (Lipinski definition) is 4. The molecule has 1 rings (SSSR count). The number of anilines is 1. The number of hydrogen-bond acceptors (Lipinski definition) is 4. The third kappa shape index (κ3) is 3.27. The number of nitrogens with two attached hydrogens (primary N) is 2. The van der Waals surface area contributed by atoms with Gasteiger partial charge in [0.15, 0.2) is 0 Å². The van der Waals surface area contributed by atoms with Crippen molar-refractivity contribution in [3.05, 3.63) is 23.3 Å². The highest BCUT2D eigenvalue weighted by Crippen LogP contribution is 2.34. The highest BCUT2D eigenvalue weighted by atomic mass is 19.4. The molecule has 1 aromatic rings. The van der Waals surface area contributed by atoms with Crippen LogP contribution in [0, 0.1) is 0 Å². The topological polar surface area (TPSA) is 110 Å². The van der Waals surface area contributed by atoms with E-state index in [4.69, 9.17) is 16.6 Å². The van der Waals surface area contributed by atoms with Gasteiger partial charge in [-0.15, -0.1) is 0 Å². The molecule has 0 fully saturated rings. The summed E-state index contributed by atoms with van der Waals surface area (Å²) in [7, 11) is 0. The molecular weight excluding hydrogens is 253 g/mol. The Kier molecular flexibility index (Phi) is 3.70. The summed E-state index contributed by atoms with van der Waals surface area (Å²) in [5, 5.41) is 18.2. The number of aromatic carboxylic acids is 1. The number of aromatic hydroxyl groups is 1. The van der Waals surface area contributed by atoms with Crippen LogP contribution in [0.15, 0.2) is 12.1 Å². The highest BCUT2D eigenvalue weighted by Gasteiger charge is 2.32. The first-order chi connectivity index (χ1) is 8.11. The van der Waals surface area contributed by atoms with E-state index >= 15 is 0 Å². The van der Waals surface area contributed by atoms with E-state index in [-0.39, 0.29) is 11.3 Å². The Balaban J connectivity index is 3.12. The SMILES string of the molecule is Nc1cc([C@H](N)CC(F)(F)F)c(O)cc1C(=O)O. The summed E-state index contributed by atoms with van der Waals surface area (Å²) in [6.07, 6.45) is -5.83. The normalized spacial score (nSPS) is 13.3. The Morgan fingerprint density at radius 1 is 1.39 bits per heavy atom. The van der Waals surface area contributed by atoms with Crippen LogP contribution in [0.1, 0.15) is 28.4 Å². The lowest BCUT2D eigenvalue weighted by Crippen LogP contribution is -2.20. The van der Waals surface area contributed by atoms with E-state index in [9.17, 15) is 23.1 Å². The largest absolute Gasteiger partial charge is 0.508 e. The Bertz CT molecular complexity index is 474. The number of rotatable bonds is 3. The number of carboxylic acids is 1. The maximum absolute atomic E-state index is 12.1. The predicted octanol–water partition coefficient (Wildman–Crippen LogP) is 1.62. The first kappa shape index (κ1) is 14.1. The second-order valence-electron chi connectivity index (χ2n) is 3.73. The average Bonchev–Trinajstić information content (AvgIpc) is 2.17. The van der Waals surface area contributed by atoms with Crippen LogP contribution in [-0.2, 0) is 0 Å². The molecule has 0 aromatic heterocycles. The molecule has 0 unspecified atom stereocenters. The van der Waals surface area contributed by atoms with Gasteiger partial charge in [-0.25, -0.2) is 4.79 Å². The smallest absolute Gasteiger partial charge is 0.390 e. The molecule has 0 heterocycles. The molecule has 0 aliphatic heterocycles. The van der Waals surface area contributed by atoms with Crippen molar-refractivity contribution in [1.82, 2.24) is 0 Å². The van der Waals surface area contributed by atoms with Gasteiger partial charge < -0.3 is 21.7 Å². The number of phenolic OH excluding ortho intramolecular Hbond substituents is 1. The third-order valence-electron chi connectivity index (χ3n) is 2.28. The van der Waals surface area contributed by atoms with Crippen molar-refractivity contribution in [2.24, 2.45) is 5.73 Å². The van der Waals surface area contributed by atoms with Gasteiger partial charge in [-0.1, -0.05) is 0 Å². The van der Waals surface area contributed by atoms with E-state index in [0.717, 1.165) is 12.1 Å². The fraction of sp³-hybridized carbons (Fsp3) is 0.300. The van der Waals surface area contributed by atoms with E-state index in [1.807, 2.05) is 0 Å². The van der Waals surface area contributed by atoms with Crippen LogP contribution in [0.2, 0.25) is 0 Å². The Morgan fingerprint density at radius 2 is 1.94 bits per heavy atom. The van der Waals surface area contributed by atoms with Gasteiger partial charge in [-0.05, 0) is 12.1 Å². The van der Waals surface area contributed by atoms with E-state index in [2.05, 4.69) is 0 Å². The molecule has 100 valence electrons. The van der Waals surface area contributed by atoms with Gasteiger partial charge in [0, 0.05) is 17.3 Å². The lowest BCUT2D eigenvalue weighted by Gasteiger charge is -2.17. The number of alkyl halides is 3. The molecule has 0 spiro atoms. The lowest BCUT2D eigenvalue weighted by atomic mass is 10.00. The third-order valence-corrected chi connectivity index (χ3v) is 2.28. The zero-order valence-corrected chi connectivity index (χ0v) is 9.03. The second-order valence-corrected chi connectivity index (χ2v) is 3.73. The predicted molar refractivity (Wildman–Crippen MR) is 57.1 cm³/mol. The first-order valence-electron chi connectivity index (χ1n) is 4.80. The number of phenols is 1. The van der Waals surface area contributed by atoms with Crippen molar-refractivity contribution in [2.45, 2.75) is 18.6 Å². The van der Waals surface area contributed by atoms with Crippen molar-refractivity contribution < 1.29 is 28.2 Å². The number of carbonyl (C=O) groups is 1. The average molecular weight is 264 g/mol. The maximum Gasteiger partial charge on any atom is 0.390 e. The van der Waals surface area contributed by atoms with E-state index in [1.54, 1.807) is 0 Å². The first-order valence-corrected chi connectivity index (χ1v) is 4.80. The molecule has 0 radical (unpaired) electrons. The molecule has 1 aromatic carbocycles. The van der Waals surface area contributed by atoms with Crippen molar-refractivity contribution in [2.75, 3.05) is 5.73 Å². The Labute approximate surface area is 99.8 Å². The van der Waals surface area contributed by atoms with Crippen LogP contribution in [0.5, 0.6) is 5.75 Å². The molecule has 0 saturated heterocycles. The Hall–Kier alpha value is -1.96. The van der Waals surface area contributed by atoms with Gasteiger partial charge in [0.2, 0.25) is 0 Å². The van der Waals surface area contributed by atoms with Gasteiger partial charge >= 0.3 is 12.1 Å². The summed E-state index contributed by atoms with van der Waals surface area (Å²) in [5.41, 5.74) is 9.77. The molecule has 0 aliphatic carbocycles. The molecule has 1 atom stereocenters. The van der Waals surface area contributed by atoms with Gasteiger partial charge in [0.1, 0.15) is 5.75 Å². The monoisotopic (exact) mass is 264 g/mol. The minimum atomic E-state index is -4.49. The van der Waals surface area contributed by atoms with Gasteiger partial charge in [0.05, 0.1) is 12.0 Å². The summed E-state index contributed by atoms with van der Waals surface area (Å²) in [6, 6.07) is 0.216. The molecule has 6 N–H and O–H groups in total. The van der Waals surface area contributed by atoms with Crippen LogP contribution in [0.4, 0.5) is 18.9 Å². The molecule has 5 nitrogen and oxygen atoms in total. The number of carboxylic acid groups (broad SMARTS) is 1. The Morgan fingerprint density at radius 3 is 2.39 bits per heavy atom. The summed E-state index contributed by atoms with van der Waals surface area (Å²) in [6.45, 7) is 0. The van der Waals surface area contributed by atoms with E-state index in [0.29, 0.717) is 0 Å². The van der Waals surface area contributed by atoms with Crippen LogP contribution >= 0.6 is 0 Å².